The molecule has 0 fully saturated rings. The highest BCUT2D eigenvalue weighted by Crippen LogP contribution is 2.50. The molecule has 8 nitrogen and oxygen atoms in total. The third-order valence-electron chi connectivity index (χ3n) is 14.5. The molecule has 72 heavy (non-hydrogen) atoms. The summed E-state index contributed by atoms with van der Waals surface area (Å²) in [6.45, 7) is 0. The second-order valence-corrected chi connectivity index (χ2v) is 18.6. The van der Waals surface area contributed by atoms with Gasteiger partial charge < -0.3 is 9.97 Å². The molecule has 2 N–H and O–H groups in total. The summed E-state index contributed by atoms with van der Waals surface area (Å²) < 4.78 is 0. The molecule has 330 valence electrons. The largest absolute Gasteiger partial charge is 0.339 e. The maximum absolute atomic E-state index is 10.1. The first kappa shape index (κ1) is 39.7. The Bertz CT molecular complexity index is 4520. The molecule has 8 heteroatoms. The highest BCUT2D eigenvalue weighted by molar-refractivity contribution is 6.20. The van der Waals surface area contributed by atoms with Gasteiger partial charge in [-0.3, -0.25) is 0 Å². The SMILES string of the molecule is N#Cc1ccc(-c2c3nc(c(-c4ccc(C#N)cc4)c4[nH]c(nc5nc(nc6[nH]c2c2cc7ccccc7cc62)-c2cc6ccccc6cc2-5)c2cc5ccccc5cc42)-c2cc4ccccc4cc2-3)cc1. The van der Waals surface area contributed by atoms with Gasteiger partial charge in [-0.25, -0.2) is 19.9 Å². The third-order valence-corrected chi connectivity index (χ3v) is 14.5. The van der Waals surface area contributed by atoms with E-state index in [1.165, 1.54) is 0 Å². The van der Waals surface area contributed by atoms with Crippen molar-refractivity contribution in [2.75, 3.05) is 0 Å². The quantitative estimate of drug-likeness (QED) is 0.178. The van der Waals surface area contributed by atoms with Crippen molar-refractivity contribution >= 4 is 87.0 Å². The van der Waals surface area contributed by atoms with E-state index in [0.29, 0.717) is 34.1 Å². The maximum Gasteiger partial charge on any atom is 0.164 e. The van der Waals surface area contributed by atoms with E-state index in [1.807, 2.05) is 48.5 Å². The minimum absolute atomic E-state index is 0.543. The Kier molecular flexibility index (Phi) is 8.33. The zero-order valence-electron chi connectivity index (χ0n) is 38.2. The van der Waals surface area contributed by atoms with Gasteiger partial charge in [0.2, 0.25) is 0 Å². The molecular weight excluding hydrogens is 881 g/mol. The number of H-pyrrole nitrogens is 2. The normalized spacial score (nSPS) is 11.9. The van der Waals surface area contributed by atoms with Crippen molar-refractivity contribution in [2.45, 2.75) is 0 Å². The van der Waals surface area contributed by atoms with Crippen LogP contribution in [0, 0.1) is 22.7 Å². The predicted octanol–water partition coefficient (Wildman–Crippen LogP) is 15.8. The molecule has 15 rings (SSSR count). The van der Waals surface area contributed by atoms with Crippen molar-refractivity contribution in [3.05, 3.63) is 205 Å². The second kappa shape index (κ2) is 15.1. The van der Waals surface area contributed by atoms with E-state index in [0.717, 1.165) is 132 Å². The molecule has 13 aromatic rings. The molecular formula is C64H34N8. The minimum atomic E-state index is 0.543. The molecule has 0 unspecified atom stereocenters. The summed E-state index contributed by atoms with van der Waals surface area (Å²) in [6, 6.07) is 71.6. The Morgan fingerprint density at radius 2 is 0.639 bits per heavy atom. The Hall–Kier alpha value is -10.3. The molecule has 0 saturated heterocycles. The number of benzene rings is 10. The van der Waals surface area contributed by atoms with E-state index in [9.17, 15) is 10.5 Å². The summed E-state index contributed by atoms with van der Waals surface area (Å²) >= 11 is 0. The Morgan fingerprint density at radius 1 is 0.319 bits per heavy atom. The van der Waals surface area contributed by atoms with Gasteiger partial charge in [0.05, 0.1) is 45.7 Å². The van der Waals surface area contributed by atoms with E-state index >= 15 is 0 Å². The Balaban J connectivity index is 1.24. The number of fused-ring (bicyclic) bond motifs is 24. The van der Waals surface area contributed by atoms with Gasteiger partial charge in [-0.2, -0.15) is 10.5 Å². The van der Waals surface area contributed by atoms with Gasteiger partial charge >= 0.3 is 0 Å². The van der Waals surface area contributed by atoms with Crippen LogP contribution in [-0.2, 0) is 0 Å². The maximum atomic E-state index is 10.1. The van der Waals surface area contributed by atoms with Crippen LogP contribution in [-0.4, -0.2) is 29.9 Å². The van der Waals surface area contributed by atoms with E-state index in [-0.39, 0.29) is 0 Å². The fourth-order valence-electron chi connectivity index (χ4n) is 11.0. The van der Waals surface area contributed by atoms with Crippen LogP contribution >= 0.6 is 0 Å². The third kappa shape index (κ3) is 5.97. The number of hydrogen-bond acceptors (Lipinski definition) is 6. The summed E-state index contributed by atoms with van der Waals surface area (Å²) in [6.07, 6.45) is 0. The van der Waals surface area contributed by atoms with Crippen LogP contribution < -0.4 is 0 Å². The van der Waals surface area contributed by atoms with Crippen LogP contribution in [0.1, 0.15) is 11.1 Å². The topological polar surface area (TPSA) is 131 Å². The first-order valence-electron chi connectivity index (χ1n) is 23.8. The van der Waals surface area contributed by atoms with Crippen LogP contribution in [0.3, 0.4) is 0 Å². The van der Waals surface area contributed by atoms with Crippen molar-refractivity contribution in [1.82, 2.24) is 29.9 Å². The number of aromatic amines is 2. The van der Waals surface area contributed by atoms with E-state index < -0.39 is 0 Å². The Labute approximate surface area is 410 Å². The molecule has 2 aliphatic heterocycles. The van der Waals surface area contributed by atoms with Gasteiger partial charge in [0.15, 0.2) is 11.6 Å². The fourth-order valence-corrected chi connectivity index (χ4v) is 11.0. The molecule has 0 radical (unpaired) electrons. The van der Waals surface area contributed by atoms with Crippen LogP contribution in [0.5, 0.6) is 0 Å². The summed E-state index contributed by atoms with van der Waals surface area (Å²) in [7, 11) is 0. The highest BCUT2D eigenvalue weighted by Gasteiger charge is 2.28. The number of nitrogens with zero attached hydrogens (tertiary/aromatic N) is 6. The minimum Gasteiger partial charge on any atom is -0.339 e. The van der Waals surface area contributed by atoms with Crippen molar-refractivity contribution in [1.29, 1.82) is 10.5 Å². The lowest BCUT2D eigenvalue weighted by molar-refractivity contribution is 1.22. The zero-order valence-corrected chi connectivity index (χ0v) is 38.2. The van der Waals surface area contributed by atoms with Crippen molar-refractivity contribution in [2.24, 2.45) is 0 Å². The lowest BCUT2D eigenvalue weighted by Gasteiger charge is -2.10. The van der Waals surface area contributed by atoms with Crippen molar-refractivity contribution in [3.8, 4) is 79.7 Å². The molecule has 5 heterocycles. The van der Waals surface area contributed by atoms with Crippen molar-refractivity contribution < 1.29 is 0 Å². The van der Waals surface area contributed by atoms with E-state index in [2.05, 4.69) is 168 Å². The lowest BCUT2D eigenvalue weighted by atomic mass is 9.91. The molecule has 2 aliphatic rings. The molecule has 0 amide bonds. The number of rotatable bonds is 2. The number of aromatic nitrogens is 6. The fraction of sp³-hybridized carbons (Fsp3) is 0. The first-order chi connectivity index (χ1) is 35.5. The molecule has 8 bridgehead atoms. The van der Waals surface area contributed by atoms with Gasteiger partial charge in [-0.15, -0.1) is 0 Å². The highest BCUT2D eigenvalue weighted by atomic mass is 15.0. The van der Waals surface area contributed by atoms with Gasteiger partial charge in [-0.1, -0.05) is 121 Å². The summed E-state index contributed by atoms with van der Waals surface area (Å²) in [5.41, 5.74) is 12.7. The summed E-state index contributed by atoms with van der Waals surface area (Å²) in [4.78, 5) is 30.1. The van der Waals surface area contributed by atoms with Crippen LogP contribution in [0.25, 0.3) is 155 Å². The van der Waals surface area contributed by atoms with Crippen molar-refractivity contribution in [3.63, 3.8) is 0 Å². The average Bonchev–Trinajstić information content (AvgIpc) is 4.16. The molecule has 10 aromatic carbocycles. The number of nitrogens with one attached hydrogen (secondary N) is 2. The van der Waals surface area contributed by atoms with E-state index in [1.54, 1.807) is 0 Å². The smallest absolute Gasteiger partial charge is 0.164 e. The standard InChI is InChI=1S/C64H34N8/c65-33-35-17-21-37(22-18-35)55-57-47-25-39-9-1-2-10-40(39)26-48(47)58(67-57)56(38-23-19-36(34-66)20-24-38)60-50-28-42-12-4-6-14-44(42)30-52(50)62(69-60)71-64-54-32-46-16-8-7-15-45(46)31-53(54)63(72-64)70-61-51-29-43-13-5-3-11-41(43)27-49(51)59(55)68-61/h1-32H,(H2,68,69,70,71,72). The monoisotopic (exact) mass is 914 g/mol. The molecule has 3 aromatic heterocycles. The average molecular weight is 915 g/mol. The van der Waals surface area contributed by atoms with Gasteiger partial charge in [0, 0.05) is 54.9 Å². The molecule has 0 saturated carbocycles. The summed E-state index contributed by atoms with van der Waals surface area (Å²) in [5, 5.41) is 32.5. The molecule has 0 aliphatic carbocycles. The number of nitriles is 2. The number of hydrogen-bond donors (Lipinski definition) is 2. The summed E-state index contributed by atoms with van der Waals surface area (Å²) in [5.74, 6) is 1.09. The van der Waals surface area contributed by atoms with Gasteiger partial charge in [0.1, 0.15) is 11.3 Å². The van der Waals surface area contributed by atoms with Gasteiger partial charge in [-0.05, 0) is 127 Å². The predicted molar refractivity (Wildman–Crippen MR) is 291 cm³/mol. The molecule has 0 spiro atoms. The van der Waals surface area contributed by atoms with Gasteiger partial charge in [0.25, 0.3) is 0 Å². The van der Waals surface area contributed by atoms with Crippen LogP contribution in [0.15, 0.2) is 194 Å². The Morgan fingerprint density at radius 3 is 0.986 bits per heavy atom. The lowest BCUT2D eigenvalue weighted by Crippen LogP contribution is -1.87. The second-order valence-electron chi connectivity index (χ2n) is 18.6. The molecule has 0 atom stereocenters. The van der Waals surface area contributed by atoms with Crippen LogP contribution in [0.2, 0.25) is 0 Å². The zero-order chi connectivity index (χ0) is 47.6. The first-order valence-corrected chi connectivity index (χ1v) is 23.8. The van der Waals surface area contributed by atoms with E-state index in [4.69, 9.17) is 19.9 Å². The van der Waals surface area contributed by atoms with Crippen LogP contribution in [0.4, 0.5) is 0 Å².